The second kappa shape index (κ2) is 5.94. The molecule has 2 N–H and O–H groups in total. The van der Waals surface area contributed by atoms with Crippen molar-refractivity contribution >= 4 is 16.2 Å². The van der Waals surface area contributed by atoms with Gasteiger partial charge in [-0.3, -0.25) is 4.79 Å². The summed E-state index contributed by atoms with van der Waals surface area (Å²) in [6.45, 7) is 2.13. The summed E-state index contributed by atoms with van der Waals surface area (Å²) in [6.07, 6.45) is 2.16. The van der Waals surface area contributed by atoms with Gasteiger partial charge in [0.1, 0.15) is 5.76 Å². The summed E-state index contributed by atoms with van der Waals surface area (Å²) in [5.74, 6) is -0.781. The van der Waals surface area contributed by atoms with Crippen molar-refractivity contribution in [2.24, 2.45) is 5.92 Å². The van der Waals surface area contributed by atoms with Gasteiger partial charge in [0, 0.05) is 13.1 Å². The summed E-state index contributed by atoms with van der Waals surface area (Å²) in [7, 11) is -3.63. The fourth-order valence-electron chi connectivity index (χ4n) is 2.24. The zero-order valence-corrected chi connectivity index (χ0v) is 12.0. The van der Waals surface area contributed by atoms with E-state index < -0.39 is 28.1 Å². The summed E-state index contributed by atoms with van der Waals surface area (Å²) in [4.78, 5) is 10.8. The van der Waals surface area contributed by atoms with Crippen molar-refractivity contribution in [2.75, 3.05) is 13.1 Å². The van der Waals surface area contributed by atoms with Crippen LogP contribution in [0.5, 0.6) is 0 Å². The average molecular weight is 302 g/mol. The SMILES string of the molecule is C[C@H](NS(=O)(=O)N1CCC(C(=O)O)CC1)c1ccco1. The molecule has 0 radical (unpaired) electrons. The fraction of sp³-hybridized carbons (Fsp3) is 0.583. The van der Waals surface area contributed by atoms with Crippen LogP contribution in [0.2, 0.25) is 0 Å². The van der Waals surface area contributed by atoms with Crippen molar-refractivity contribution in [3.05, 3.63) is 24.2 Å². The highest BCUT2D eigenvalue weighted by Gasteiger charge is 2.32. The van der Waals surface area contributed by atoms with Crippen molar-refractivity contribution in [1.29, 1.82) is 0 Å². The van der Waals surface area contributed by atoms with Crippen molar-refractivity contribution < 1.29 is 22.7 Å². The molecule has 0 aromatic carbocycles. The lowest BCUT2D eigenvalue weighted by atomic mass is 9.99. The molecule has 0 amide bonds. The van der Waals surface area contributed by atoms with Crippen molar-refractivity contribution in [3.8, 4) is 0 Å². The molecular weight excluding hydrogens is 284 g/mol. The number of carboxylic acids is 1. The highest BCUT2D eigenvalue weighted by molar-refractivity contribution is 7.87. The van der Waals surface area contributed by atoms with Gasteiger partial charge in [0.25, 0.3) is 10.2 Å². The Morgan fingerprint density at radius 1 is 1.50 bits per heavy atom. The fourth-order valence-corrected chi connectivity index (χ4v) is 3.64. The third-order valence-electron chi connectivity index (χ3n) is 3.44. The van der Waals surface area contributed by atoms with Crippen molar-refractivity contribution in [2.45, 2.75) is 25.8 Å². The number of carbonyl (C=O) groups is 1. The Morgan fingerprint density at radius 2 is 2.15 bits per heavy atom. The molecule has 1 aliphatic rings. The molecule has 0 saturated carbocycles. The number of hydrogen-bond donors (Lipinski definition) is 2. The van der Waals surface area contributed by atoms with Crippen molar-refractivity contribution in [3.63, 3.8) is 0 Å². The van der Waals surface area contributed by atoms with E-state index >= 15 is 0 Å². The molecule has 1 atom stereocenters. The monoisotopic (exact) mass is 302 g/mol. The molecular formula is C12H18N2O5S. The minimum atomic E-state index is -3.63. The van der Waals surface area contributed by atoms with Crippen molar-refractivity contribution in [1.82, 2.24) is 9.03 Å². The zero-order chi connectivity index (χ0) is 14.8. The Hall–Kier alpha value is -1.38. The number of nitrogens with zero attached hydrogens (tertiary/aromatic N) is 1. The summed E-state index contributed by atoms with van der Waals surface area (Å²) in [6, 6.07) is 2.93. The van der Waals surface area contributed by atoms with Gasteiger partial charge < -0.3 is 9.52 Å². The van der Waals surface area contributed by atoms with Crippen LogP contribution in [0.1, 0.15) is 31.6 Å². The first-order valence-corrected chi connectivity index (χ1v) is 7.88. The molecule has 112 valence electrons. The number of aliphatic carboxylic acids is 1. The van der Waals surface area contributed by atoms with E-state index in [0.717, 1.165) is 0 Å². The summed E-state index contributed by atoms with van der Waals surface area (Å²) >= 11 is 0. The number of piperidine rings is 1. The van der Waals surface area contributed by atoms with Gasteiger partial charge in [-0.15, -0.1) is 0 Å². The van der Waals surface area contributed by atoms with Gasteiger partial charge in [-0.1, -0.05) is 0 Å². The maximum Gasteiger partial charge on any atom is 0.306 e. The van der Waals surface area contributed by atoms with Crippen LogP contribution < -0.4 is 4.72 Å². The molecule has 0 spiro atoms. The van der Waals surface area contributed by atoms with Gasteiger partial charge in [-0.25, -0.2) is 0 Å². The van der Waals surface area contributed by atoms with E-state index in [2.05, 4.69) is 4.72 Å². The molecule has 1 aromatic rings. The van der Waals surface area contributed by atoms with Crippen LogP contribution in [0.25, 0.3) is 0 Å². The van der Waals surface area contributed by atoms with Crippen LogP contribution >= 0.6 is 0 Å². The molecule has 8 heteroatoms. The number of carboxylic acid groups (broad SMARTS) is 1. The van der Waals surface area contributed by atoms with E-state index in [1.54, 1.807) is 19.1 Å². The molecule has 0 aliphatic carbocycles. The van der Waals surface area contributed by atoms with E-state index in [-0.39, 0.29) is 13.1 Å². The largest absolute Gasteiger partial charge is 0.481 e. The van der Waals surface area contributed by atoms with E-state index in [1.165, 1.54) is 10.6 Å². The smallest absolute Gasteiger partial charge is 0.306 e. The number of rotatable bonds is 5. The molecule has 0 unspecified atom stereocenters. The Balaban J connectivity index is 1.96. The first kappa shape index (κ1) is 15.0. The lowest BCUT2D eigenvalue weighted by Gasteiger charge is -2.30. The van der Waals surface area contributed by atoms with Gasteiger partial charge in [0.15, 0.2) is 0 Å². The summed E-state index contributed by atoms with van der Waals surface area (Å²) in [5, 5.41) is 8.90. The van der Waals surface area contributed by atoms with Crippen LogP contribution in [0.15, 0.2) is 22.8 Å². The van der Waals surface area contributed by atoms with E-state index in [4.69, 9.17) is 9.52 Å². The molecule has 2 heterocycles. The van der Waals surface area contributed by atoms with Gasteiger partial charge in [-0.05, 0) is 31.9 Å². The van der Waals surface area contributed by atoms with Gasteiger partial charge >= 0.3 is 5.97 Å². The van der Waals surface area contributed by atoms with Crippen LogP contribution in [-0.2, 0) is 15.0 Å². The van der Waals surface area contributed by atoms with E-state index in [0.29, 0.717) is 18.6 Å². The van der Waals surface area contributed by atoms with Crippen LogP contribution in [-0.4, -0.2) is 36.9 Å². The van der Waals surface area contributed by atoms with E-state index in [9.17, 15) is 13.2 Å². The minimum Gasteiger partial charge on any atom is -0.481 e. The van der Waals surface area contributed by atoms with Crippen LogP contribution in [0, 0.1) is 5.92 Å². The lowest BCUT2D eigenvalue weighted by Crippen LogP contribution is -2.46. The second-order valence-corrected chi connectivity index (χ2v) is 6.57. The average Bonchev–Trinajstić information content (AvgIpc) is 2.92. The topological polar surface area (TPSA) is 99.9 Å². The zero-order valence-electron chi connectivity index (χ0n) is 11.2. The van der Waals surface area contributed by atoms with E-state index in [1.807, 2.05) is 0 Å². The van der Waals surface area contributed by atoms with Crippen LogP contribution in [0.4, 0.5) is 0 Å². The first-order valence-electron chi connectivity index (χ1n) is 6.44. The highest BCUT2D eigenvalue weighted by Crippen LogP contribution is 2.21. The molecule has 1 saturated heterocycles. The molecule has 2 rings (SSSR count). The maximum absolute atomic E-state index is 12.2. The third kappa shape index (κ3) is 3.38. The van der Waals surface area contributed by atoms with Gasteiger partial charge in [0.05, 0.1) is 18.2 Å². The Kier molecular flexibility index (Phi) is 4.46. The van der Waals surface area contributed by atoms with Crippen LogP contribution in [0.3, 0.4) is 0 Å². The molecule has 1 fully saturated rings. The third-order valence-corrected chi connectivity index (χ3v) is 5.14. The Bertz CT molecular complexity index is 546. The standard InChI is InChI=1S/C12H18N2O5S/c1-9(11-3-2-8-19-11)13-20(17,18)14-6-4-10(5-7-14)12(15)16/h2-3,8-10,13H,4-7H2,1H3,(H,15,16)/t9-/m0/s1. The number of nitrogens with one attached hydrogen (secondary N) is 1. The minimum absolute atomic E-state index is 0.219. The second-order valence-electron chi connectivity index (χ2n) is 4.87. The highest BCUT2D eigenvalue weighted by atomic mass is 32.2. The number of furan rings is 1. The first-order chi connectivity index (χ1) is 9.40. The molecule has 7 nitrogen and oxygen atoms in total. The Labute approximate surface area is 117 Å². The summed E-state index contributed by atoms with van der Waals surface area (Å²) in [5.41, 5.74) is 0. The lowest BCUT2D eigenvalue weighted by molar-refractivity contribution is -0.142. The predicted octanol–water partition coefficient (Wildman–Crippen LogP) is 0.972. The number of hydrogen-bond acceptors (Lipinski definition) is 4. The van der Waals surface area contributed by atoms with Gasteiger partial charge in [-0.2, -0.15) is 17.4 Å². The summed E-state index contributed by atoms with van der Waals surface area (Å²) < 4.78 is 33.4. The molecule has 1 aliphatic heterocycles. The Morgan fingerprint density at radius 3 is 2.65 bits per heavy atom. The quantitative estimate of drug-likeness (QED) is 0.844. The molecule has 0 bridgehead atoms. The molecule has 1 aromatic heterocycles. The maximum atomic E-state index is 12.2. The molecule has 20 heavy (non-hydrogen) atoms. The van der Waals surface area contributed by atoms with Gasteiger partial charge in [0.2, 0.25) is 0 Å². The predicted molar refractivity (Wildman–Crippen MR) is 71.1 cm³/mol. The normalized spacial score (nSPS) is 19.9.